The van der Waals surface area contributed by atoms with Crippen LogP contribution in [0, 0.1) is 6.92 Å². The average Bonchev–Trinajstić information content (AvgIpc) is 3.74. The number of aryl methyl sites for hydroxylation is 1. The summed E-state index contributed by atoms with van der Waals surface area (Å²) in [5.74, 6) is 0. The highest BCUT2D eigenvalue weighted by molar-refractivity contribution is 7.26. The van der Waals surface area contributed by atoms with E-state index in [2.05, 4.69) is 192 Å². The summed E-state index contributed by atoms with van der Waals surface area (Å²) in [7, 11) is 0. The molecule has 7 aromatic carbocycles. The van der Waals surface area contributed by atoms with Crippen LogP contribution < -0.4 is 26.2 Å². The first-order chi connectivity index (χ1) is 26.9. The molecular formula is C51H43BN2S2. The molecule has 0 N–H and O–H groups in total. The van der Waals surface area contributed by atoms with E-state index in [-0.39, 0.29) is 17.5 Å². The molecule has 0 atom stereocenters. The number of benzene rings is 7. The van der Waals surface area contributed by atoms with Gasteiger partial charge in [-0.15, -0.1) is 22.7 Å². The Morgan fingerprint density at radius 2 is 0.857 bits per heavy atom. The third-order valence-electron chi connectivity index (χ3n) is 12.2. The summed E-state index contributed by atoms with van der Waals surface area (Å²) in [6.07, 6.45) is 0. The van der Waals surface area contributed by atoms with E-state index in [4.69, 9.17) is 0 Å². The maximum atomic E-state index is 2.57. The summed E-state index contributed by atoms with van der Waals surface area (Å²) in [5.41, 5.74) is 15.5. The fraction of sp³-hybridized carbons (Fsp3) is 0.176. The number of fused-ring (bicyclic) bond motifs is 10. The third-order valence-corrected chi connectivity index (χ3v) is 14.5. The minimum absolute atomic E-state index is 0.000254. The fourth-order valence-corrected chi connectivity index (χ4v) is 11.5. The summed E-state index contributed by atoms with van der Waals surface area (Å²) in [6.45, 7) is 16.4. The second-order valence-electron chi connectivity index (χ2n) is 17.9. The standard InChI is InChI=1S/C51H43BN2S2/c1-30-24-43-49-44(25-30)54(34-19-23-48-38(29-34)36-13-9-11-15-46(36)56-48)42-21-17-32(51(5,6)7)27-40(42)52(49)39-26-31(50(2,3)4)16-20-41(39)53(43)33-18-22-47-37(28-33)35-12-8-10-14-45(35)55-47/h8-29H,1-7H3. The van der Waals surface area contributed by atoms with Crippen LogP contribution in [0.5, 0.6) is 0 Å². The molecule has 0 amide bonds. The molecular weight excluding hydrogens is 716 g/mol. The van der Waals surface area contributed by atoms with Crippen molar-refractivity contribution in [2.75, 3.05) is 9.80 Å². The Kier molecular flexibility index (Phi) is 7.17. The van der Waals surface area contributed by atoms with Gasteiger partial charge in [0.25, 0.3) is 6.71 Å². The highest BCUT2D eigenvalue weighted by atomic mass is 32.1. The van der Waals surface area contributed by atoms with Gasteiger partial charge in [-0.1, -0.05) is 102 Å². The zero-order chi connectivity index (χ0) is 38.2. The molecule has 0 saturated carbocycles. The van der Waals surface area contributed by atoms with E-state index in [0.29, 0.717) is 0 Å². The number of rotatable bonds is 2. The predicted molar refractivity (Wildman–Crippen MR) is 248 cm³/mol. The van der Waals surface area contributed by atoms with Gasteiger partial charge in [0, 0.05) is 74.5 Å². The molecule has 5 heteroatoms. The largest absolute Gasteiger partial charge is 0.311 e. The molecule has 0 unspecified atom stereocenters. The van der Waals surface area contributed by atoms with E-state index in [1.165, 1.54) is 108 Å². The molecule has 9 aromatic rings. The minimum Gasteiger partial charge on any atom is -0.311 e. The smallest absolute Gasteiger partial charge is 0.252 e. The molecule has 0 fully saturated rings. The molecule has 0 spiro atoms. The molecule has 4 heterocycles. The van der Waals surface area contributed by atoms with E-state index in [0.717, 1.165) is 0 Å². The van der Waals surface area contributed by atoms with Crippen LogP contribution in [-0.4, -0.2) is 6.71 Å². The van der Waals surface area contributed by atoms with E-state index in [1.54, 1.807) is 0 Å². The van der Waals surface area contributed by atoms with Crippen molar-refractivity contribution in [3.8, 4) is 0 Å². The predicted octanol–water partition coefficient (Wildman–Crippen LogP) is 13.4. The van der Waals surface area contributed by atoms with Crippen molar-refractivity contribution in [2.24, 2.45) is 0 Å². The van der Waals surface area contributed by atoms with Crippen molar-refractivity contribution >= 4 is 120 Å². The fourth-order valence-electron chi connectivity index (χ4n) is 9.34. The van der Waals surface area contributed by atoms with Crippen molar-refractivity contribution in [2.45, 2.75) is 59.3 Å². The molecule has 0 bridgehead atoms. The lowest BCUT2D eigenvalue weighted by atomic mass is 9.33. The molecule has 2 nitrogen and oxygen atoms in total. The monoisotopic (exact) mass is 758 g/mol. The maximum Gasteiger partial charge on any atom is 0.252 e. The Bertz CT molecular complexity index is 2890. The van der Waals surface area contributed by atoms with E-state index >= 15 is 0 Å². The van der Waals surface area contributed by atoms with Gasteiger partial charge in [0.15, 0.2) is 0 Å². The number of anilines is 6. The van der Waals surface area contributed by atoms with Gasteiger partial charge in [0.05, 0.1) is 0 Å². The SMILES string of the molecule is Cc1cc2c3c(c1)N(c1ccc4sc5ccccc5c4c1)c1ccc(C(C)(C)C)cc1B3c1cc(C(C)(C)C)ccc1N2c1ccc2sc3ccccc3c2c1. The van der Waals surface area contributed by atoms with E-state index in [1.807, 2.05) is 22.7 Å². The molecule has 0 aliphatic carbocycles. The van der Waals surface area contributed by atoms with Crippen LogP contribution in [0.4, 0.5) is 34.1 Å². The van der Waals surface area contributed by atoms with Gasteiger partial charge >= 0.3 is 0 Å². The van der Waals surface area contributed by atoms with Gasteiger partial charge < -0.3 is 9.80 Å². The van der Waals surface area contributed by atoms with Crippen LogP contribution in [0.1, 0.15) is 58.2 Å². The number of nitrogens with zero attached hydrogens (tertiary/aromatic N) is 2. The van der Waals surface area contributed by atoms with E-state index < -0.39 is 0 Å². The molecule has 0 radical (unpaired) electrons. The lowest BCUT2D eigenvalue weighted by molar-refractivity contribution is 0.590. The Morgan fingerprint density at radius 3 is 1.30 bits per heavy atom. The van der Waals surface area contributed by atoms with Crippen LogP contribution in [0.25, 0.3) is 40.3 Å². The van der Waals surface area contributed by atoms with E-state index in [9.17, 15) is 0 Å². The lowest BCUT2D eigenvalue weighted by Crippen LogP contribution is -2.61. The normalized spacial score (nSPS) is 13.9. The van der Waals surface area contributed by atoms with Crippen molar-refractivity contribution in [1.29, 1.82) is 0 Å². The van der Waals surface area contributed by atoms with Crippen LogP contribution >= 0.6 is 22.7 Å². The highest BCUT2D eigenvalue weighted by Gasteiger charge is 2.44. The molecule has 11 rings (SSSR count). The average molecular weight is 759 g/mol. The molecule has 272 valence electrons. The molecule has 56 heavy (non-hydrogen) atoms. The summed E-state index contributed by atoms with van der Waals surface area (Å²) in [4.78, 5) is 5.14. The molecule has 2 aromatic heterocycles. The topological polar surface area (TPSA) is 6.48 Å². The second kappa shape index (κ2) is 11.8. The van der Waals surface area contributed by atoms with Gasteiger partial charge in [-0.25, -0.2) is 0 Å². The molecule has 0 saturated heterocycles. The highest BCUT2D eigenvalue weighted by Crippen LogP contribution is 2.48. The van der Waals surface area contributed by atoms with Crippen molar-refractivity contribution < 1.29 is 0 Å². The Morgan fingerprint density at radius 1 is 0.429 bits per heavy atom. The van der Waals surface area contributed by atoms with Gasteiger partial charge in [0.2, 0.25) is 0 Å². The number of hydrogen-bond acceptors (Lipinski definition) is 4. The summed E-state index contributed by atoms with van der Waals surface area (Å²) in [6, 6.07) is 51.4. The van der Waals surface area contributed by atoms with Crippen molar-refractivity contribution in [1.82, 2.24) is 0 Å². The van der Waals surface area contributed by atoms with Gasteiger partial charge in [-0.05, 0) is 124 Å². The first kappa shape index (κ1) is 33.9. The lowest BCUT2D eigenvalue weighted by Gasteiger charge is -2.45. The van der Waals surface area contributed by atoms with Crippen LogP contribution in [0.2, 0.25) is 0 Å². The molecule has 2 aliphatic heterocycles. The summed E-state index contributed by atoms with van der Waals surface area (Å²) in [5, 5.41) is 5.28. The third kappa shape index (κ3) is 5.00. The minimum atomic E-state index is 0.000254. The first-order valence-electron chi connectivity index (χ1n) is 19.8. The Hall–Kier alpha value is -5.36. The Balaban J connectivity index is 1.24. The maximum absolute atomic E-state index is 2.57. The van der Waals surface area contributed by atoms with Crippen molar-refractivity contribution in [3.05, 3.63) is 150 Å². The zero-order valence-corrected chi connectivity index (χ0v) is 34.6. The summed E-state index contributed by atoms with van der Waals surface area (Å²) < 4.78 is 5.31. The quantitative estimate of drug-likeness (QED) is 0.162. The zero-order valence-electron chi connectivity index (χ0n) is 33.0. The number of hydrogen-bond donors (Lipinski definition) is 0. The number of thiophene rings is 2. The van der Waals surface area contributed by atoms with Crippen LogP contribution in [0.3, 0.4) is 0 Å². The van der Waals surface area contributed by atoms with Gasteiger partial charge in [-0.2, -0.15) is 0 Å². The van der Waals surface area contributed by atoms with Crippen LogP contribution in [-0.2, 0) is 10.8 Å². The second-order valence-corrected chi connectivity index (χ2v) is 20.1. The first-order valence-corrected chi connectivity index (χ1v) is 21.4. The van der Waals surface area contributed by atoms with Crippen LogP contribution in [0.15, 0.2) is 133 Å². The summed E-state index contributed by atoms with van der Waals surface area (Å²) >= 11 is 3.76. The Labute approximate surface area is 337 Å². The van der Waals surface area contributed by atoms with Crippen molar-refractivity contribution in [3.63, 3.8) is 0 Å². The molecule has 2 aliphatic rings. The van der Waals surface area contributed by atoms with Gasteiger partial charge in [-0.3, -0.25) is 0 Å². The van der Waals surface area contributed by atoms with Gasteiger partial charge in [0.1, 0.15) is 0 Å².